The van der Waals surface area contributed by atoms with Gasteiger partial charge in [0.05, 0.1) is 0 Å². The summed E-state index contributed by atoms with van der Waals surface area (Å²) in [6.07, 6.45) is 4.69. The van der Waals surface area contributed by atoms with Crippen molar-refractivity contribution in [3.8, 4) is 28.0 Å². The third-order valence-electron chi connectivity index (χ3n) is 13.1. The van der Waals surface area contributed by atoms with Crippen molar-refractivity contribution in [3.63, 3.8) is 0 Å². The Hall–Kier alpha value is -6.22. The van der Waals surface area contributed by atoms with Crippen LogP contribution in [0.5, 0.6) is 5.75 Å². The molecular weight excluding hydrogens is 705 g/mol. The first-order valence-corrected chi connectivity index (χ1v) is 20.0. The number of benzene rings is 7. The topological polar surface area (TPSA) is 18.5 Å². The smallest absolute Gasteiger partial charge is 0.179 e. The zero-order chi connectivity index (χ0) is 39.1. The minimum Gasteiger partial charge on any atom is -0.473 e. The van der Waals surface area contributed by atoms with Crippen LogP contribution in [0, 0.1) is 13.8 Å². The molecule has 0 fully saturated rings. The molecule has 0 atom stereocenters. The van der Waals surface area contributed by atoms with Gasteiger partial charge in [0.25, 0.3) is 0 Å². The average Bonchev–Trinajstić information content (AvgIpc) is 3.68. The molecule has 2 aliphatic carbocycles. The molecule has 0 N–H and O–H groups in total. The number of aryl methyl sites for hydroxylation is 2. The maximum absolute atomic E-state index is 7.31. The minimum atomic E-state index is -0.761. The average molecular weight is 755 g/mol. The molecule has 10 rings (SSSR count). The fraction of sp³-hybridized carbons (Fsp3) is 0.179. The van der Waals surface area contributed by atoms with Gasteiger partial charge in [-0.15, -0.1) is 0 Å². The van der Waals surface area contributed by atoms with E-state index in [4.69, 9.17) is 9.47 Å². The molecule has 0 radical (unpaired) electrons. The fourth-order valence-electron chi connectivity index (χ4n) is 9.70. The summed E-state index contributed by atoms with van der Waals surface area (Å²) in [6.45, 7) is 11.2. The number of allylic oxidation sites excluding steroid dienone is 1. The van der Waals surface area contributed by atoms with Crippen LogP contribution in [0.25, 0.3) is 33.4 Å². The van der Waals surface area contributed by atoms with Gasteiger partial charge in [-0.25, -0.2) is 0 Å². The highest BCUT2D eigenvalue weighted by atomic mass is 16.5. The van der Waals surface area contributed by atoms with Gasteiger partial charge in [0.15, 0.2) is 5.60 Å². The van der Waals surface area contributed by atoms with Gasteiger partial charge in [-0.3, -0.25) is 0 Å². The Morgan fingerprint density at radius 3 is 1.62 bits per heavy atom. The standard InChI is InChI=1S/C55H46O2.CH4/c1-35-23-28-40(31-36(35)2)53(4,5)41-29-30-52-46(32-41)47(34-55(57-52)50-21-13-9-17-44(50)45-18-10-14-22-51(45)55)39-26-24-38(25-27-39)37(3)33-54(56-6)48-19-11-7-15-42(48)43-16-8-12-20-49(43)54;/h7-34H,1-6H3;1H4/b37-33+;. The van der Waals surface area contributed by atoms with E-state index in [0.717, 1.165) is 28.0 Å². The Kier molecular flexibility index (Phi) is 8.84. The summed E-state index contributed by atoms with van der Waals surface area (Å²) < 4.78 is 13.8. The predicted octanol–water partition coefficient (Wildman–Crippen LogP) is 14.0. The van der Waals surface area contributed by atoms with E-state index in [2.05, 4.69) is 204 Å². The molecule has 286 valence electrons. The summed E-state index contributed by atoms with van der Waals surface area (Å²) in [5, 5.41) is 0. The Bertz CT molecular complexity index is 2720. The fourth-order valence-corrected chi connectivity index (χ4v) is 9.70. The van der Waals surface area contributed by atoms with Crippen LogP contribution in [0.2, 0.25) is 0 Å². The molecule has 0 unspecified atom stereocenters. The maximum Gasteiger partial charge on any atom is 0.179 e. The Labute approximate surface area is 344 Å². The van der Waals surface area contributed by atoms with E-state index in [9.17, 15) is 0 Å². The van der Waals surface area contributed by atoms with Crippen LogP contribution in [-0.2, 0) is 21.4 Å². The Balaban J connectivity index is 0.00000436. The van der Waals surface area contributed by atoms with E-state index in [-0.39, 0.29) is 12.8 Å². The lowest BCUT2D eigenvalue weighted by Gasteiger charge is -2.37. The first-order chi connectivity index (χ1) is 27.6. The van der Waals surface area contributed by atoms with Gasteiger partial charge in [-0.1, -0.05) is 167 Å². The summed E-state index contributed by atoms with van der Waals surface area (Å²) in [5.41, 5.74) is 18.8. The molecule has 0 bridgehead atoms. The van der Waals surface area contributed by atoms with Gasteiger partial charge in [0.2, 0.25) is 0 Å². The third-order valence-corrected chi connectivity index (χ3v) is 13.1. The van der Waals surface area contributed by atoms with Crippen molar-refractivity contribution < 1.29 is 9.47 Å². The first-order valence-electron chi connectivity index (χ1n) is 20.0. The van der Waals surface area contributed by atoms with E-state index >= 15 is 0 Å². The molecule has 1 heterocycles. The van der Waals surface area contributed by atoms with Crippen LogP contribution in [0.15, 0.2) is 170 Å². The highest BCUT2D eigenvalue weighted by molar-refractivity contribution is 5.91. The normalized spacial score (nSPS) is 15.3. The summed E-state index contributed by atoms with van der Waals surface area (Å²) >= 11 is 0. The highest BCUT2D eigenvalue weighted by Crippen LogP contribution is 2.56. The Morgan fingerprint density at radius 2 is 1.07 bits per heavy atom. The van der Waals surface area contributed by atoms with Crippen LogP contribution >= 0.6 is 0 Å². The molecule has 7 aromatic carbocycles. The van der Waals surface area contributed by atoms with Crippen LogP contribution in [0.4, 0.5) is 0 Å². The van der Waals surface area contributed by atoms with Crippen molar-refractivity contribution in [2.24, 2.45) is 0 Å². The SMILES string of the molecule is C.COC1(/C=C(\C)c2ccc(C3=CC4(Oc5ccc(C(C)(C)c6ccc(C)c(C)c6)cc53)c3ccccc3-c3ccccc34)cc2)c2ccccc2-c2ccccc21. The molecule has 58 heavy (non-hydrogen) atoms. The molecule has 0 amide bonds. The summed E-state index contributed by atoms with van der Waals surface area (Å²) in [4.78, 5) is 0. The van der Waals surface area contributed by atoms with Crippen LogP contribution in [0.3, 0.4) is 0 Å². The van der Waals surface area contributed by atoms with E-state index in [1.54, 1.807) is 0 Å². The summed E-state index contributed by atoms with van der Waals surface area (Å²) in [6, 6.07) is 57.5. The first kappa shape index (κ1) is 37.4. The molecule has 7 aromatic rings. The zero-order valence-corrected chi connectivity index (χ0v) is 33.5. The molecule has 3 aliphatic rings. The molecule has 0 saturated heterocycles. The van der Waals surface area contributed by atoms with Crippen molar-refractivity contribution in [2.75, 3.05) is 7.11 Å². The number of fused-ring (bicyclic) bond motifs is 9. The van der Waals surface area contributed by atoms with Crippen LogP contribution in [0.1, 0.15) is 89.4 Å². The van der Waals surface area contributed by atoms with Crippen molar-refractivity contribution in [1.29, 1.82) is 0 Å². The number of ether oxygens (including phenoxy) is 2. The number of hydrogen-bond donors (Lipinski definition) is 0. The number of hydrogen-bond acceptors (Lipinski definition) is 2. The van der Waals surface area contributed by atoms with E-state index in [0.29, 0.717) is 0 Å². The van der Waals surface area contributed by atoms with Gasteiger partial charge >= 0.3 is 0 Å². The molecular formula is C56H50O2. The monoisotopic (exact) mass is 754 g/mol. The van der Waals surface area contributed by atoms with E-state index in [1.165, 1.54) is 72.3 Å². The minimum absolute atomic E-state index is 0. The van der Waals surface area contributed by atoms with Crippen LogP contribution in [-0.4, -0.2) is 7.11 Å². The number of methoxy groups -OCH3 is 1. The quantitative estimate of drug-likeness (QED) is 0.168. The van der Waals surface area contributed by atoms with Crippen molar-refractivity contribution >= 4 is 11.1 Å². The lowest BCUT2D eigenvalue weighted by molar-refractivity contribution is 0.0698. The van der Waals surface area contributed by atoms with Crippen molar-refractivity contribution in [3.05, 3.63) is 231 Å². The van der Waals surface area contributed by atoms with E-state index in [1.807, 2.05) is 7.11 Å². The molecule has 1 spiro atoms. The second-order valence-electron chi connectivity index (χ2n) is 16.6. The molecule has 0 aromatic heterocycles. The Morgan fingerprint density at radius 1 is 0.569 bits per heavy atom. The maximum atomic E-state index is 7.31. The van der Waals surface area contributed by atoms with E-state index < -0.39 is 11.2 Å². The van der Waals surface area contributed by atoms with Crippen molar-refractivity contribution in [1.82, 2.24) is 0 Å². The van der Waals surface area contributed by atoms with Gasteiger partial charge in [-0.2, -0.15) is 0 Å². The second-order valence-corrected chi connectivity index (χ2v) is 16.6. The van der Waals surface area contributed by atoms with Gasteiger partial charge in [-0.05, 0) is 112 Å². The molecule has 2 heteroatoms. The third kappa shape index (κ3) is 5.42. The number of rotatable bonds is 6. The second kappa shape index (κ2) is 13.7. The van der Waals surface area contributed by atoms with Gasteiger partial charge in [0.1, 0.15) is 11.4 Å². The molecule has 2 nitrogen and oxygen atoms in total. The predicted molar refractivity (Wildman–Crippen MR) is 241 cm³/mol. The van der Waals surface area contributed by atoms with Gasteiger partial charge < -0.3 is 9.47 Å². The molecule has 1 aliphatic heterocycles. The van der Waals surface area contributed by atoms with Crippen LogP contribution < -0.4 is 4.74 Å². The largest absolute Gasteiger partial charge is 0.473 e. The van der Waals surface area contributed by atoms with Crippen molar-refractivity contribution in [2.45, 2.75) is 58.7 Å². The molecule has 0 saturated carbocycles. The zero-order valence-electron chi connectivity index (χ0n) is 33.5. The highest BCUT2D eigenvalue weighted by Gasteiger charge is 2.47. The summed E-state index contributed by atoms with van der Waals surface area (Å²) in [5.74, 6) is 0.888. The lowest BCUT2D eigenvalue weighted by atomic mass is 9.75. The van der Waals surface area contributed by atoms with Gasteiger partial charge in [0, 0.05) is 40.3 Å². The summed E-state index contributed by atoms with van der Waals surface area (Å²) in [7, 11) is 1.82. The lowest BCUT2D eigenvalue weighted by Crippen LogP contribution is -2.33.